The van der Waals surface area contributed by atoms with Crippen molar-refractivity contribution < 1.29 is 28.9 Å². The number of carbonyl (C=O) groups is 2. The van der Waals surface area contributed by atoms with Gasteiger partial charge < -0.3 is 19.3 Å². The topological polar surface area (TPSA) is 82.1 Å². The van der Waals surface area contributed by atoms with Gasteiger partial charge in [-0.15, -0.1) is 0 Å². The third-order valence-electron chi connectivity index (χ3n) is 5.62. The smallest absolute Gasteiger partial charge is 0.303 e. The van der Waals surface area contributed by atoms with Gasteiger partial charge in [-0.3, -0.25) is 9.59 Å². The van der Waals surface area contributed by atoms with E-state index < -0.39 is 5.97 Å². The van der Waals surface area contributed by atoms with Gasteiger partial charge in [0.15, 0.2) is 0 Å². The zero-order valence-corrected chi connectivity index (χ0v) is 18.3. The molecule has 166 valence electrons. The first kappa shape index (κ1) is 25.5. The number of Topliss-reactive ketones (excluding diaryl/α,β-unsaturated/α-hetero) is 1. The number of ketones is 1. The normalized spacial score (nSPS) is 24.6. The Morgan fingerprint density at radius 2 is 2.00 bits per heavy atom. The third kappa shape index (κ3) is 9.24. The van der Waals surface area contributed by atoms with E-state index >= 15 is 0 Å². The number of hydrogen-bond acceptors (Lipinski definition) is 5. The Labute approximate surface area is 175 Å². The van der Waals surface area contributed by atoms with Crippen molar-refractivity contribution in [1.82, 2.24) is 0 Å². The van der Waals surface area contributed by atoms with E-state index in [2.05, 4.69) is 13.0 Å². The maximum atomic E-state index is 12.5. The summed E-state index contributed by atoms with van der Waals surface area (Å²) in [6.07, 6.45) is 13.5. The highest BCUT2D eigenvalue weighted by Crippen LogP contribution is 2.35. The minimum atomic E-state index is -0.778. The molecule has 0 saturated heterocycles. The van der Waals surface area contributed by atoms with Crippen LogP contribution in [0.25, 0.3) is 0 Å². The largest absolute Gasteiger partial charge is 0.481 e. The van der Waals surface area contributed by atoms with Gasteiger partial charge in [-0.25, -0.2) is 0 Å². The quantitative estimate of drug-likeness (QED) is 0.322. The Morgan fingerprint density at radius 1 is 1.24 bits per heavy atom. The Kier molecular flexibility index (Phi) is 12.7. The van der Waals surface area contributed by atoms with Crippen LogP contribution in [-0.4, -0.2) is 56.5 Å². The number of carboxylic acid groups (broad SMARTS) is 1. The molecule has 0 aliphatic heterocycles. The SMILES string of the molecule is CCCC(CC(C=C[C@H]1C(OC)CC(=O)[C@@H]1CC=CCCCC(=O)O)OC)OC. The van der Waals surface area contributed by atoms with Crippen LogP contribution >= 0.6 is 0 Å². The molecule has 1 aliphatic rings. The average molecular weight is 411 g/mol. The summed E-state index contributed by atoms with van der Waals surface area (Å²) in [7, 11) is 5.07. The summed E-state index contributed by atoms with van der Waals surface area (Å²) in [6.45, 7) is 2.14. The lowest BCUT2D eigenvalue weighted by Gasteiger charge is -2.22. The van der Waals surface area contributed by atoms with Crippen molar-refractivity contribution in [3.05, 3.63) is 24.3 Å². The molecule has 0 radical (unpaired) electrons. The molecule has 3 unspecified atom stereocenters. The maximum Gasteiger partial charge on any atom is 0.303 e. The van der Waals surface area contributed by atoms with Gasteiger partial charge in [0.2, 0.25) is 0 Å². The van der Waals surface area contributed by atoms with E-state index in [1.165, 1.54) is 0 Å². The molecular formula is C23H38O6. The van der Waals surface area contributed by atoms with Crippen LogP contribution < -0.4 is 0 Å². The number of carbonyl (C=O) groups excluding carboxylic acids is 1. The van der Waals surface area contributed by atoms with Crippen LogP contribution in [0.2, 0.25) is 0 Å². The minimum Gasteiger partial charge on any atom is -0.481 e. The van der Waals surface area contributed by atoms with Crippen LogP contribution in [0.15, 0.2) is 24.3 Å². The van der Waals surface area contributed by atoms with Crippen molar-refractivity contribution in [3.8, 4) is 0 Å². The maximum absolute atomic E-state index is 12.5. The summed E-state index contributed by atoms with van der Waals surface area (Å²) in [4.78, 5) is 23.1. The highest BCUT2D eigenvalue weighted by Gasteiger charge is 2.40. The zero-order valence-electron chi connectivity index (χ0n) is 18.3. The van der Waals surface area contributed by atoms with Gasteiger partial charge in [0.05, 0.1) is 18.3 Å². The molecule has 0 aromatic rings. The second kappa shape index (κ2) is 14.5. The van der Waals surface area contributed by atoms with Crippen LogP contribution in [-0.2, 0) is 23.8 Å². The van der Waals surface area contributed by atoms with Gasteiger partial charge in [-0.2, -0.15) is 0 Å². The molecule has 5 atom stereocenters. The molecule has 0 amide bonds. The van der Waals surface area contributed by atoms with Gasteiger partial charge >= 0.3 is 5.97 Å². The fourth-order valence-corrected chi connectivity index (χ4v) is 3.90. The number of rotatable bonds is 15. The lowest BCUT2D eigenvalue weighted by atomic mass is 9.90. The fraction of sp³-hybridized carbons (Fsp3) is 0.739. The second-order valence-corrected chi connectivity index (χ2v) is 7.66. The van der Waals surface area contributed by atoms with Gasteiger partial charge in [-0.1, -0.05) is 37.6 Å². The highest BCUT2D eigenvalue weighted by atomic mass is 16.5. The van der Waals surface area contributed by atoms with Gasteiger partial charge in [-0.05, 0) is 25.7 Å². The Morgan fingerprint density at radius 3 is 2.59 bits per heavy atom. The highest BCUT2D eigenvalue weighted by molar-refractivity contribution is 5.84. The van der Waals surface area contributed by atoms with Crippen LogP contribution in [0.3, 0.4) is 0 Å². The van der Waals surface area contributed by atoms with Gasteiger partial charge in [0.25, 0.3) is 0 Å². The van der Waals surface area contributed by atoms with E-state index in [0.717, 1.165) is 19.3 Å². The Balaban J connectivity index is 2.71. The summed E-state index contributed by atoms with van der Waals surface area (Å²) < 4.78 is 16.7. The molecule has 1 rings (SSSR count). The number of ether oxygens (including phenoxy) is 3. The molecule has 6 heteroatoms. The molecule has 0 spiro atoms. The van der Waals surface area contributed by atoms with Crippen molar-refractivity contribution >= 4 is 11.8 Å². The predicted octanol–water partition coefficient (Wildman–Crippen LogP) is 4.18. The molecule has 29 heavy (non-hydrogen) atoms. The third-order valence-corrected chi connectivity index (χ3v) is 5.62. The van der Waals surface area contributed by atoms with E-state index in [-0.39, 0.29) is 42.4 Å². The van der Waals surface area contributed by atoms with Crippen molar-refractivity contribution in [2.45, 2.75) is 76.6 Å². The van der Waals surface area contributed by atoms with E-state index in [1.807, 2.05) is 18.2 Å². The fourth-order valence-electron chi connectivity index (χ4n) is 3.90. The molecule has 0 bridgehead atoms. The summed E-state index contributed by atoms with van der Waals surface area (Å²) >= 11 is 0. The Bertz CT molecular complexity index is 541. The zero-order chi connectivity index (χ0) is 21.6. The van der Waals surface area contributed by atoms with E-state index in [4.69, 9.17) is 19.3 Å². The lowest BCUT2D eigenvalue weighted by Crippen LogP contribution is -2.23. The van der Waals surface area contributed by atoms with Gasteiger partial charge in [0, 0.05) is 52.4 Å². The summed E-state index contributed by atoms with van der Waals surface area (Å²) in [5.41, 5.74) is 0. The predicted molar refractivity (Wildman–Crippen MR) is 113 cm³/mol. The molecule has 1 N–H and O–H groups in total. The lowest BCUT2D eigenvalue weighted by molar-refractivity contribution is -0.137. The number of allylic oxidation sites excluding steroid dienone is 2. The number of aliphatic carboxylic acids is 1. The van der Waals surface area contributed by atoms with E-state index in [1.54, 1.807) is 21.3 Å². The molecule has 0 heterocycles. The van der Waals surface area contributed by atoms with Crippen LogP contribution in [0.1, 0.15) is 58.3 Å². The summed E-state index contributed by atoms with van der Waals surface area (Å²) in [6, 6.07) is 0. The monoisotopic (exact) mass is 410 g/mol. The molecule has 0 aromatic heterocycles. The van der Waals surface area contributed by atoms with E-state index in [0.29, 0.717) is 25.7 Å². The first-order valence-electron chi connectivity index (χ1n) is 10.6. The van der Waals surface area contributed by atoms with Crippen molar-refractivity contribution in [2.75, 3.05) is 21.3 Å². The minimum absolute atomic E-state index is 0.0148. The van der Waals surface area contributed by atoms with Crippen molar-refractivity contribution in [2.24, 2.45) is 11.8 Å². The van der Waals surface area contributed by atoms with Gasteiger partial charge in [0.1, 0.15) is 5.78 Å². The van der Waals surface area contributed by atoms with Crippen LogP contribution in [0.5, 0.6) is 0 Å². The first-order valence-corrected chi connectivity index (χ1v) is 10.6. The Hall–Kier alpha value is -1.50. The molecule has 6 nitrogen and oxygen atoms in total. The van der Waals surface area contributed by atoms with E-state index in [9.17, 15) is 9.59 Å². The molecular weight excluding hydrogens is 372 g/mol. The van der Waals surface area contributed by atoms with Crippen molar-refractivity contribution in [1.29, 1.82) is 0 Å². The summed E-state index contributed by atoms with van der Waals surface area (Å²) in [5, 5.41) is 8.68. The standard InChI is InChI=1S/C23H38O6/c1-5-10-17(27-2)15-18(28-3)13-14-20-19(21(24)16-22(20)29-4)11-8-6-7-9-12-23(25)26/h6,8,13-14,17-20,22H,5,7,9-12,15-16H2,1-4H3,(H,25,26)/t17?,18?,19-,20-,22?/m1/s1. The number of hydrogen-bond donors (Lipinski definition) is 1. The number of unbranched alkanes of at least 4 members (excludes halogenated alkanes) is 1. The summed E-state index contributed by atoms with van der Waals surface area (Å²) in [5.74, 6) is -0.657. The molecule has 1 aliphatic carbocycles. The van der Waals surface area contributed by atoms with Crippen molar-refractivity contribution in [3.63, 3.8) is 0 Å². The molecule has 1 fully saturated rings. The average Bonchev–Trinajstić information content (AvgIpc) is 3.01. The molecule has 0 aromatic carbocycles. The van der Waals surface area contributed by atoms with Crippen LogP contribution in [0.4, 0.5) is 0 Å². The first-order chi connectivity index (χ1) is 14.0. The molecule has 1 saturated carbocycles. The number of carboxylic acids is 1. The van der Waals surface area contributed by atoms with Crippen LogP contribution in [0, 0.1) is 11.8 Å². The second-order valence-electron chi connectivity index (χ2n) is 7.66. The number of methoxy groups -OCH3 is 3.